The van der Waals surface area contributed by atoms with Crippen molar-refractivity contribution < 1.29 is 13.2 Å². The molecule has 0 aliphatic carbocycles. The van der Waals surface area contributed by atoms with Gasteiger partial charge in [0.05, 0.1) is 10.8 Å². The van der Waals surface area contributed by atoms with E-state index in [4.69, 9.17) is 28.3 Å². The SMILES string of the molecule is NS(=O)(=O)CCCNC(=O)c1nc(Cl)ccc1Cl. The van der Waals surface area contributed by atoms with Crippen molar-refractivity contribution in [2.75, 3.05) is 12.3 Å². The second-order valence-corrected chi connectivity index (χ2v) is 5.97. The number of carbonyl (C=O) groups excluding carboxylic acids is 1. The summed E-state index contributed by atoms with van der Waals surface area (Å²) in [5, 5.41) is 7.61. The Balaban J connectivity index is 2.53. The third-order valence-electron chi connectivity index (χ3n) is 1.92. The number of hydrogen-bond donors (Lipinski definition) is 2. The van der Waals surface area contributed by atoms with E-state index in [0.717, 1.165) is 0 Å². The molecule has 0 aliphatic rings. The zero-order valence-corrected chi connectivity index (χ0v) is 11.5. The van der Waals surface area contributed by atoms with Gasteiger partial charge in [0.15, 0.2) is 0 Å². The summed E-state index contributed by atoms with van der Waals surface area (Å²) in [6.45, 7) is 0.153. The molecular formula is C9H11Cl2N3O3S. The summed E-state index contributed by atoms with van der Waals surface area (Å²) in [6.07, 6.45) is 0.211. The lowest BCUT2D eigenvalue weighted by atomic mass is 10.3. The van der Waals surface area contributed by atoms with E-state index in [1.54, 1.807) is 0 Å². The predicted molar refractivity (Wildman–Crippen MR) is 69.2 cm³/mol. The topological polar surface area (TPSA) is 102 Å². The van der Waals surface area contributed by atoms with E-state index >= 15 is 0 Å². The smallest absolute Gasteiger partial charge is 0.271 e. The maximum absolute atomic E-state index is 11.6. The van der Waals surface area contributed by atoms with Crippen molar-refractivity contribution in [3.8, 4) is 0 Å². The van der Waals surface area contributed by atoms with Gasteiger partial charge in [0, 0.05) is 6.54 Å². The highest BCUT2D eigenvalue weighted by Gasteiger charge is 2.12. The van der Waals surface area contributed by atoms with Crippen LogP contribution in [0.2, 0.25) is 10.2 Å². The number of primary sulfonamides is 1. The van der Waals surface area contributed by atoms with Crippen molar-refractivity contribution in [1.29, 1.82) is 0 Å². The zero-order chi connectivity index (χ0) is 13.8. The van der Waals surface area contributed by atoms with Crippen LogP contribution < -0.4 is 10.5 Å². The lowest BCUT2D eigenvalue weighted by Crippen LogP contribution is -2.28. The van der Waals surface area contributed by atoms with Crippen molar-refractivity contribution in [3.05, 3.63) is 28.0 Å². The molecule has 1 amide bonds. The van der Waals surface area contributed by atoms with Crippen molar-refractivity contribution in [1.82, 2.24) is 10.3 Å². The highest BCUT2D eigenvalue weighted by atomic mass is 35.5. The number of carbonyl (C=O) groups is 1. The van der Waals surface area contributed by atoms with E-state index in [9.17, 15) is 13.2 Å². The van der Waals surface area contributed by atoms with Crippen LogP contribution in [-0.2, 0) is 10.0 Å². The molecular weight excluding hydrogens is 301 g/mol. The number of nitrogens with two attached hydrogens (primary N) is 1. The fraction of sp³-hybridized carbons (Fsp3) is 0.333. The molecule has 6 nitrogen and oxygen atoms in total. The summed E-state index contributed by atoms with van der Waals surface area (Å²) in [4.78, 5) is 15.4. The first-order chi connectivity index (χ1) is 8.29. The average molecular weight is 312 g/mol. The summed E-state index contributed by atoms with van der Waals surface area (Å²) < 4.78 is 21.3. The molecule has 1 heterocycles. The Morgan fingerprint density at radius 1 is 1.39 bits per heavy atom. The first-order valence-electron chi connectivity index (χ1n) is 4.90. The van der Waals surface area contributed by atoms with Gasteiger partial charge in [-0.05, 0) is 18.6 Å². The minimum Gasteiger partial charge on any atom is -0.351 e. The van der Waals surface area contributed by atoms with E-state index in [-0.39, 0.29) is 34.6 Å². The monoisotopic (exact) mass is 311 g/mol. The Morgan fingerprint density at radius 3 is 2.67 bits per heavy atom. The van der Waals surface area contributed by atoms with Crippen LogP contribution in [0.1, 0.15) is 16.9 Å². The van der Waals surface area contributed by atoms with Crippen molar-refractivity contribution >= 4 is 39.1 Å². The van der Waals surface area contributed by atoms with Gasteiger partial charge in [-0.2, -0.15) is 0 Å². The molecule has 0 radical (unpaired) electrons. The number of nitrogens with one attached hydrogen (secondary N) is 1. The summed E-state index contributed by atoms with van der Waals surface area (Å²) >= 11 is 11.4. The fourth-order valence-electron chi connectivity index (χ4n) is 1.14. The molecule has 0 unspecified atom stereocenters. The maximum Gasteiger partial charge on any atom is 0.271 e. The molecule has 0 saturated carbocycles. The van der Waals surface area contributed by atoms with Crippen LogP contribution in [0, 0.1) is 0 Å². The van der Waals surface area contributed by atoms with Crippen LogP contribution in [0.5, 0.6) is 0 Å². The highest BCUT2D eigenvalue weighted by Crippen LogP contribution is 2.16. The molecule has 1 aromatic heterocycles. The number of halogens is 2. The molecule has 0 atom stereocenters. The fourth-order valence-corrected chi connectivity index (χ4v) is 2.02. The summed E-state index contributed by atoms with van der Waals surface area (Å²) in [5.74, 6) is -0.721. The summed E-state index contributed by atoms with van der Waals surface area (Å²) in [6, 6.07) is 2.91. The van der Waals surface area contributed by atoms with Crippen molar-refractivity contribution in [2.24, 2.45) is 5.14 Å². The van der Waals surface area contributed by atoms with Crippen LogP contribution in [0.4, 0.5) is 0 Å². The van der Waals surface area contributed by atoms with E-state index in [1.165, 1.54) is 12.1 Å². The van der Waals surface area contributed by atoms with E-state index in [2.05, 4.69) is 10.3 Å². The first kappa shape index (κ1) is 15.2. The molecule has 0 bridgehead atoms. The molecule has 3 N–H and O–H groups in total. The largest absolute Gasteiger partial charge is 0.351 e. The molecule has 9 heteroatoms. The minimum absolute atomic E-state index is 0.000211. The van der Waals surface area contributed by atoms with Gasteiger partial charge >= 0.3 is 0 Å². The van der Waals surface area contributed by atoms with Crippen LogP contribution in [0.3, 0.4) is 0 Å². The maximum atomic E-state index is 11.6. The Hall–Kier alpha value is -0.890. The molecule has 1 rings (SSSR count). The van der Waals surface area contributed by atoms with Gasteiger partial charge in [0.2, 0.25) is 10.0 Å². The van der Waals surface area contributed by atoms with Gasteiger partial charge in [-0.25, -0.2) is 18.5 Å². The van der Waals surface area contributed by atoms with E-state index in [1.807, 2.05) is 0 Å². The number of amides is 1. The summed E-state index contributed by atoms with van der Waals surface area (Å²) in [5.41, 5.74) is -0.000211. The average Bonchev–Trinajstić information content (AvgIpc) is 2.26. The molecule has 0 aliphatic heterocycles. The molecule has 18 heavy (non-hydrogen) atoms. The molecule has 0 aromatic carbocycles. The van der Waals surface area contributed by atoms with E-state index in [0.29, 0.717) is 0 Å². The summed E-state index contributed by atoms with van der Waals surface area (Å²) in [7, 11) is -3.52. The third-order valence-corrected chi connectivity index (χ3v) is 3.29. The number of hydrogen-bond acceptors (Lipinski definition) is 4. The highest BCUT2D eigenvalue weighted by molar-refractivity contribution is 7.89. The third kappa shape index (κ3) is 5.18. The molecule has 1 aromatic rings. The zero-order valence-electron chi connectivity index (χ0n) is 9.19. The molecule has 0 spiro atoms. The van der Waals surface area contributed by atoms with Crippen LogP contribution in [-0.4, -0.2) is 31.6 Å². The van der Waals surface area contributed by atoms with E-state index < -0.39 is 15.9 Å². The molecule has 100 valence electrons. The van der Waals surface area contributed by atoms with Gasteiger partial charge in [-0.1, -0.05) is 23.2 Å². The Kier molecular flexibility index (Phi) is 5.33. The van der Waals surface area contributed by atoms with Crippen molar-refractivity contribution in [2.45, 2.75) is 6.42 Å². The Bertz CT molecular complexity index is 548. The number of rotatable bonds is 5. The minimum atomic E-state index is -3.52. The number of aromatic nitrogens is 1. The predicted octanol–water partition coefficient (Wildman–Crippen LogP) is 0.797. The number of nitrogens with zero attached hydrogens (tertiary/aromatic N) is 1. The molecule has 0 fully saturated rings. The van der Waals surface area contributed by atoms with Crippen LogP contribution in [0.15, 0.2) is 12.1 Å². The second kappa shape index (κ2) is 6.33. The standard InChI is InChI=1S/C9H11Cl2N3O3S/c10-6-2-3-7(11)14-8(6)9(15)13-4-1-5-18(12,16)17/h2-3H,1,4-5H2,(H,13,15)(H2,12,16,17). The number of pyridine rings is 1. The van der Waals surface area contributed by atoms with Crippen molar-refractivity contribution in [3.63, 3.8) is 0 Å². The van der Waals surface area contributed by atoms with Gasteiger partial charge in [-0.15, -0.1) is 0 Å². The number of sulfonamides is 1. The first-order valence-corrected chi connectivity index (χ1v) is 7.37. The van der Waals surface area contributed by atoms with Crippen LogP contribution >= 0.6 is 23.2 Å². The normalized spacial score (nSPS) is 11.3. The van der Waals surface area contributed by atoms with Gasteiger partial charge in [-0.3, -0.25) is 4.79 Å². The van der Waals surface area contributed by atoms with Gasteiger partial charge in [0.25, 0.3) is 5.91 Å². The lowest BCUT2D eigenvalue weighted by Gasteiger charge is -2.05. The van der Waals surface area contributed by atoms with Gasteiger partial charge in [0.1, 0.15) is 10.8 Å². The molecule has 0 saturated heterocycles. The van der Waals surface area contributed by atoms with Gasteiger partial charge < -0.3 is 5.32 Å². The quantitative estimate of drug-likeness (QED) is 0.620. The lowest BCUT2D eigenvalue weighted by molar-refractivity contribution is 0.0949. The Labute approximate surface area is 115 Å². The second-order valence-electron chi connectivity index (χ2n) is 3.44. The van der Waals surface area contributed by atoms with Crippen LogP contribution in [0.25, 0.3) is 0 Å². The Morgan fingerprint density at radius 2 is 2.06 bits per heavy atom.